The van der Waals surface area contributed by atoms with Gasteiger partial charge < -0.3 is 14.6 Å². The Morgan fingerprint density at radius 2 is 1.61 bits per heavy atom. The zero-order valence-corrected chi connectivity index (χ0v) is 16.8. The Labute approximate surface area is 179 Å². The summed E-state index contributed by atoms with van der Waals surface area (Å²) in [6.45, 7) is 0. The van der Waals surface area contributed by atoms with E-state index in [-0.39, 0.29) is 11.7 Å². The van der Waals surface area contributed by atoms with Gasteiger partial charge >= 0.3 is 0 Å². The number of carbonyl (C=O) groups excluding carboxylic acids is 1. The molecule has 0 saturated heterocycles. The van der Waals surface area contributed by atoms with Crippen LogP contribution in [0.5, 0.6) is 11.5 Å². The summed E-state index contributed by atoms with van der Waals surface area (Å²) in [4.78, 5) is 18.1. The first kappa shape index (κ1) is 19.1. The molecule has 2 heterocycles. The van der Waals surface area contributed by atoms with Crippen LogP contribution in [-0.2, 0) is 11.8 Å². The molecule has 0 radical (unpaired) electrons. The van der Waals surface area contributed by atoms with Crippen LogP contribution < -0.4 is 10.1 Å². The molecule has 0 bridgehead atoms. The molecule has 0 saturated carbocycles. The molecule has 5 rings (SSSR count). The van der Waals surface area contributed by atoms with Gasteiger partial charge in [0.1, 0.15) is 29.2 Å². The molecule has 154 valence electrons. The van der Waals surface area contributed by atoms with Gasteiger partial charge in [0.15, 0.2) is 0 Å². The SMILES string of the molecule is Cn1ccnc1[C@H](NC(=O)C1c2ccccc2Oc2ccccc21)c1ccc(F)cc1. The Bertz CT molecular complexity index is 1200. The number of nitrogens with one attached hydrogen (secondary N) is 1. The molecule has 1 atom stereocenters. The van der Waals surface area contributed by atoms with Gasteiger partial charge in [0.25, 0.3) is 0 Å². The smallest absolute Gasteiger partial charge is 0.233 e. The molecule has 1 N–H and O–H groups in total. The highest BCUT2D eigenvalue weighted by Gasteiger charge is 2.34. The number of hydrogen-bond donors (Lipinski definition) is 1. The molecule has 1 amide bonds. The summed E-state index contributed by atoms with van der Waals surface area (Å²) in [5.41, 5.74) is 2.35. The molecule has 0 unspecified atom stereocenters. The molecular weight excluding hydrogens is 393 g/mol. The molecule has 6 heteroatoms. The van der Waals surface area contributed by atoms with E-state index in [1.54, 1.807) is 18.3 Å². The van der Waals surface area contributed by atoms with Gasteiger partial charge in [0.2, 0.25) is 5.91 Å². The third-order valence-electron chi connectivity index (χ3n) is 5.55. The first-order valence-corrected chi connectivity index (χ1v) is 10.0. The first-order chi connectivity index (χ1) is 15.1. The number of para-hydroxylation sites is 2. The summed E-state index contributed by atoms with van der Waals surface area (Å²) in [6, 6.07) is 20.7. The lowest BCUT2D eigenvalue weighted by Crippen LogP contribution is -2.36. The van der Waals surface area contributed by atoms with Crippen LogP contribution >= 0.6 is 0 Å². The molecule has 31 heavy (non-hydrogen) atoms. The number of carbonyl (C=O) groups is 1. The monoisotopic (exact) mass is 413 g/mol. The van der Waals surface area contributed by atoms with Crippen LogP contribution in [0.1, 0.15) is 34.5 Å². The number of fused-ring (bicyclic) bond motifs is 2. The van der Waals surface area contributed by atoms with Gasteiger partial charge in [-0.1, -0.05) is 48.5 Å². The third-order valence-corrected chi connectivity index (χ3v) is 5.55. The zero-order valence-electron chi connectivity index (χ0n) is 16.8. The molecule has 0 aliphatic carbocycles. The Morgan fingerprint density at radius 3 is 2.19 bits per heavy atom. The van der Waals surface area contributed by atoms with Crippen molar-refractivity contribution in [2.24, 2.45) is 7.05 Å². The second-order valence-corrected chi connectivity index (χ2v) is 7.50. The number of ether oxygens (including phenoxy) is 1. The van der Waals surface area contributed by atoms with E-state index in [0.717, 1.165) is 16.7 Å². The van der Waals surface area contributed by atoms with Crippen molar-refractivity contribution in [1.29, 1.82) is 0 Å². The van der Waals surface area contributed by atoms with E-state index < -0.39 is 12.0 Å². The number of amides is 1. The Hall–Kier alpha value is -3.93. The zero-order chi connectivity index (χ0) is 21.4. The summed E-state index contributed by atoms with van der Waals surface area (Å²) < 4.78 is 21.4. The Morgan fingerprint density at radius 1 is 1.00 bits per heavy atom. The van der Waals surface area contributed by atoms with Crippen LogP contribution in [0.3, 0.4) is 0 Å². The maximum absolute atomic E-state index is 13.7. The van der Waals surface area contributed by atoms with Crippen molar-refractivity contribution in [1.82, 2.24) is 14.9 Å². The molecular formula is C25H20FN3O2. The van der Waals surface area contributed by atoms with Crippen molar-refractivity contribution in [2.45, 2.75) is 12.0 Å². The molecule has 1 aliphatic heterocycles. The number of nitrogens with zero attached hydrogens (tertiary/aromatic N) is 2. The first-order valence-electron chi connectivity index (χ1n) is 10.0. The predicted molar refractivity (Wildman–Crippen MR) is 114 cm³/mol. The standard InChI is InChI=1S/C25H20FN3O2/c1-29-15-14-27-24(29)23(16-10-12-17(26)13-11-16)28-25(30)22-18-6-2-4-8-20(18)31-21-9-5-3-7-19(21)22/h2-15,22-23H,1H3,(H,28,30)/t23-/m1/s1. The summed E-state index contributed by atoms with van der Waals surface area (Å²) in [5.74, 6) is 0.938. The third kappa shape index (κ3) is 3.46. The lowest BCUT2D eigenvalue weighted by molar-refractivity contribution is -0.122. The van der Waals surface area contributed by atoms with Gasteiger partial charge in [-0.05, 0) is 29.8 Å². The van der Waals surface area contributed by atoms with E-state index in [4.69, 9.17) is 4.74 Å². The number of aromatic nitrogens is 2. The minimum absolute atomic E-state index is 0.180. The van der Waals surface area contributed by atoms with E-state index in [9.17, 15) is 9.18 Å². The Kier molecular flexibility index (Phi) is 4.75. The molecule has 0 spiro atoms. The van der Waals surface area contributed by atoms with Crippen LogP contribution in [0.25, 0.3) is 0 Å². The van der Waals surface area contributed by atoms with Crippen LogP contribution in [0, 0.1) is 5.82 Å². The lowest BCUT2D eigenvalue weighted by atomic mass is 9.87. The predicted octanol–water partition coefficient (Wildman–Crippen LogP) is 4.70. The maximum atomic E-state index is 13.7. The van der Waals surface area contributed by atoms with E-state index in [1.807, 2.05) is 66.3 Å². The van der Waals surface area contributed by atoms with E-state index in [0.29, 0.717) is 17.3 Å². The number of benzene rings is 3. The quantitative estimate of drug-likeness (QED) is 0.528. The molecule has 1 aromatic heterocycles. The number of hydrogen-bond acceptors (Lipinski definition) is 3. The van der Waals surface area contributed by atoms with Gasteiger partial charge in [-0.25, -0.2) is 9.37 Å². The average Bonchev–Trinajstić information content (AvgIpc) is 3.22. The minimum Gasteiger partial charge on any atom is -0.457 e. The van der Waals surface area contributed by atoms with E-state index in [2.05, 4.69) is 10.3 Å². The Balaban J connectivity index is 1.56. The van der Waals surface area contributed by atoms with Gasteiger partial charge in [-0.15, -0.1) is 0 Å². The van der Waals surface area contributed by atoms with Crippen molar-refractivity contribution < 1.29 is 13.9 Å². The van der Waals surface area contributed by atoms with Gasteiger partial charge in [-0.2, -0.15) is 0 Å². The van der Waals surface area contributed by atoms with Crippen LogP contribution in [0.2, 0.25) is 0 Å². The van der Waals surface area contributed by atoms with E-state index >= 15 is 0 Å². The van der Waals surface area contributed by atoms with Crippen molar-refractivity contribution in [3.05, 3.63) is 114 Å². The van der Waals surface area contributed by atoms with Crippen molar-refractivity contribution >= 4 is 5.91 Å². The second kappa shape index (κ2) is 7.72. The van der Waals surface area contributed by atoms with E-state index in [1.165, 1.54) is 12.1 Å². The maximum Gasteiger partial charge on any atom is 0.233 e. The summed E-state index contributed by atoms with van der Waals surface area (Å²) in [7, 11) is 1.87. The average molecular weight is 413 g/mol. The summed E-state index contributed by atoms with van der Waals surface area (Å²) in [6.07, 6.45) is 3.49. The number of aryl methyl sites for hydroxylation is 1. The highest BCUT2D eigenvalue weighted by atomic mass is 19.1. The number of halogens is 1. The minimum atomic E-state index is -0.538. The molecule has 0 fully saturated rings. The van der Waals surface area contributed by atoms with Gasteiger partial charge in [0.05, 0.1) is 5.92 Å². The number of imidazole rings is 1. The summed E-state index contributed by atoms with van der Waals surface area (Å²) >= 11 is 0. The second-order valence-electron chi connectivity index (χ2n) is 7.50. The highest BCUT2D eigenvalue weighted by molar-refractivity contribution is 5.90. The van der Waals surface area contributed by atoms with Gasteiger partial charge in [0, 0.05) is 30.6 Å². The molecule has 5 nitrogen and oxygen atoms in total. The summed E-state index contributed by atoms with van der Waals surface area (Å²) in [5, 5.41) is 3.15. The van der Waals surface area contributed by atoms with Crippen molar-refractivity contribution in [3.8, 4) is 11.5 Å². The van der Waals surface area contributed by atoms with Crippen molar-refractivity contribution in [3.63, 3.8) is 0 Å². The highest BCUT2D eigenvalue weighted by Crippen LogP contribution is 2.44. The topological polar surface area (TPSA) is 56.2 Å². The molecule has 3 aromatic carbocycles. The largest absolute Gasteiger partial charge is 0.457 e. The van der Waals surface area contributed by atoms with Crippen LogP contribution in [-0.4, -0.2) is 15.5 Å². The fraction of sp³-hybridized carbons (Fsp3) is 0.120. The fourth-order valence-corrected chi connectivity index (χ4v) is 4.03. The normalized spacial score (nSPS) is 13.6. The lowest BCUT2D eigenvalue weighted by Gasteiger charge is -2.29. The fourth-order valence-electron chi connectivity index (χ4n) is 4.03. The van der Waals surface area contributed by atoms with Crippen molar-refractivity contribution in [2.75, 3.05) is 0 Å². The molecule has 4 aromatic rings. The van der Waals surface area contributed by atoms with Gasteiger partial charge in [-0.3, -0.25) is 4.79 Å². The molecule has 1 aliphatic rings. The van der Waals surface area contributed by atoms with Crippen LogP contribution in [0.4, 0.5) is 4.39 Å². The van der Waals surface area contributed by atoms with Crippen LogP contribution in [0.15, 0.2) is 85.2 Å². The number of rotatable bonds is 4.